The first-order valence-corrected chi connectivity index (χ1v) is 10.4. The van der Waals surface area contributed by atoms with Crippen LogP contribution in [0.4, 0.5) is 0 Å². The van der Waals surface area contributed by atoms with Crippen LogP contribution in [0.1, 0.15) is 57.0 Å². The van der Waals surface area contributed by atoms with Gasteiger partial charge in [-0.3, -0.25) is 4.79 Å². The van der Waals surface area contributed by atoms with Crippen LogP contribution in [0.5, 0.6) is 0 Å². The normalized spacial score (nSPS) is 13.8. The van der Waals surface area contributed by atoms with Crippen LogP contribution in [0, 0.1) is 32.1 Å². The topological polar surface area (TPSA) is 72.8 Å². The molecular formula is C25H26N4O. The van der Waals surface area contributed by atoms with E-state index in [1.54, 1.807) is 0 Å². The standard InChI is InChI=1S/C25H26N4O/c1-5-23-24(28-17(4)27-23)21-11-22(16(3)10-15(21)2)25(30)29-13-20(14-29)19-8-6-18(12-26)7-9-19/h6-11,20H,5,13-14H2,1-4H3,(H,27,28). The van der Waals surface area contributed by atoms with E-state index < -0.39 is 0 Å². The van der Waals surface area contributed by atoms with E-state index in [0.717, 1.165) is 45.9 Å². The molecule has 1 N–H and O–H groups in total. The third-order valence-electron chi connectivity index (χ3n) is 5.98. The van der Waals surface area contributed by atoms with Gasteiger partial charge < -0.3 is 9.88 Å². The average Bonchev–Trinajstić information content (AvgIpc) is 3.08. The Hall–Kier alpha value is -3.39. The van der Waals surface area contributed by atoms with Crippen LogP contribution in [0.3, 0.4) is 0 Å². The van der Waals surface area contributed by atoms with Crippen molar-refractivity contribution < 1.29 is 4.79 Å². The number of nitrogens with one attached hydrogen (secondary N) is 1. The second-order valence-corrected chi connectivity index (χ2v) is 8.12. The maximum atomic E-state index is 13.2. The summed E-state index contributed by atoms with van der Waals surface area (Å²) in [4.78, 5) is 23.1. The van der Waals surface area contributed by atoms with Crippen molar-refractivity contribution in [3.8, 4) is 17.3 Å². The molecule has 1 aliphatic heterocycles. The Kier molecular flexibility index (Phi) is 5.17. The lowest BCUT2D eigenvalue weighted by Gasteiger charge is -2.40. The fourth-order valence-electron chi connectivity index (χ4n) is 4.23. The number of benzene rings is 2. The summed E-state index contributed by atoms with van der Waals surface area (Å²) in [5.41, 5.74) is 7.82. The van der Waals surface area contributed by atoms with Crippen molar-refractivity contribution in [2.24, 2.45) is 0 Å². The molecule has 0 spiro atoms. The van der Waals surface area contributed by atoms with Crippen LogP contribution in [0.15, 0.2) is 36.4 Å². The van der Waals surface area contributed by atoms with Gasteiger partial charge in [0.1, 0.15) is 5.82 Å². The molecule has 1 saturated heterocycles. The minimum atomic E-state index is 0.0768. The lowest BCUT2D eigenvalue weighted by Crippen LogP contribution is -2.48. The van der Waals surface area contributed by atoms with Gasteiger partial charge >= 0.3 is 0 Å². The molecule has 5 heteroatoms. The molecule has 1 aliphatic rings. The van der Waals surface area contributed by atoms with Gasteiger partial charge in [-0.15, -0.1) is 0 Å². The number of imidazole rings is 1. The predicted octanol–water partition coefficient (Wildman–Crippen LogP) is 4.68. The molecule has 1 aromatic heterocycles. The molecule has 4 rings (SSSR count). The van der Waals surface area contributed by atoms with Crippen molar-refractivity contribution in [2.75, 3.05) is 13.1 Å². The summed E-state index contributed by atoms with van der Waals surface area (Å²) in [6.07, 6.45) is 0.842. The molecule has 0 saturated carbocycles. The summed E-state index contributed by atoms with van der Waals surface area (Å²) in [6, 6.07) is 13.9. The molecule has 1 fully saturated rings. The van der Waals surface area contributed by atoms with Gasteiger partial charge in [-0.25, -0.2) is 4.98 Å². The zero-order valence-corrected chi connectivity index (χ0v) is 17.9. The summed E-state index contributed by atoms with van der Waals surface area (Å²) in [5, 5.41) is 8.95. The van der Waals surface area contributed by atoms with Crippen molar-refractivity contribution >= 4 is 5.91 Å². The van der Waals surface area contributed by atoms with Crippen molar-refractivity contribution in [1.29, 1.82) is 5.26 Å². The molecule has 0 unspecified atom stereocenters. The van der Waals surface area contributed by atoms with Gasteiger partial charge in [-0.1, -0.05) is 25.1 Å². The largest absolute Gasteiger partial charge is 0.342 e. The average molecular weight is 399 g/mol. The zero-order chi connectivity index (χ0) is 21.4. The molecule has 2 aromatic carbocycles. The molecule has 3 aromatic rings. The fourth-order valence-corrected chi connectivity index (χ4v) is 4.23. The SMILES string of the molecule is CCc1nc(C)[nH]c1-c1cc(C(=O)N2CC(c3ccc(C#N)cc3)C2)c(C)cc1C. The molecule has 30 heavy (non-hydrogen) atoms. The minimum absolute atomic E-state index is 0.0768. The fraction of sp³-hybridized carbons (Fsp3) is 0.320. The smallest absolute Gasteiger partial charge is 0.254 e. The highest BCUT2D eigenvalue weighted by Gasteiger charge is 2.33. The Balaban J connectivity index is 1.57. The number of carbonyl (C=O) groups is 1. The van der Waals surface area contributed by atoms with Crippen molar-refractivity contribution in [2.45, 2.75) is 40.0 Å². The number of aromatic nitrogens is 2. The van der Waals surface area contributed by atoms with Crippen LogP contribution in [0.25, 0.3) is 11.3 Å². The van der Waals surface area contributed by atoms with Gasteiger partial charge in [0.15, 0.2) is 0 Å². The first-order valence-electron chi connectivity index (χ1n) is 10.4. The van der Waals surface area contributed by atoms with E-state index in [0.29, 0.717) is 24.6 Å². The molecule has 1 amide bonds. The Labute approximate surface area is 177 Å². The third-order valence-corrected chi connectivity index (χ3v) is 5.98. The van der Waals surface area contributed by atoms with Gasteiger partial charge in [0.25, 0.3) is 5.91 Å². The summed E-state index contributed by atoms with van der Waals surface area (Å²) < 4.78 is 0. The number of nitrogens with zero attached hydrogens (tertiary/aromatic N) is 3. The summed E-state index contributed by atoms with van der Waals surface area (Å²) in [5.74, 6) is 1.30. The summed E-state index contributed by atoms with van der Waals surface area (Å²) in [6.45, 7) is 9.55. The number of H-pyrrole nitrogens is 1. The highest BCUT2D eigenvalue weighted by molar-refractivity contribution is 5.97. The number of nitriles is 1. The molecule has 152 valence electrons. The van der Waals surface area contributed by atoms with Crippen LogP contribution in [-0.4, -0.2) is 33.9 Å². The van der Waals surface area contributed by atoms with E-state index in [1.807, 2.05) is 49.1 Å². The highest BCUT2D eigenvalue weighted by Crippen LogP contribution is 2.32. The van der Waals surface area contributed by atoms with E-state index in [1.165, 1.54) is 5.56 Å². The Bertz CT molecular complexity index is 1150. The first kappa shape index (κ1) is 19.9. The van der Waals surface area contributed by atoms with Crippen LogP contribution in [-0.2, 0) is 6.42 Å². The monoisotopic (exact) mass is 398 g/mol. The molecule has 2 heterocycles. The van der Waals surface area contributed by atoms with Gasteiger partial charge in [0.05, 0.1) is 23.0 Å². The molecule has 0 radical (unpaired) electrons. The van der Waals surface area contributed by atoms with Crippen LogP contribution < -0.4 is 0 Å². The maximum Gasteiger partial charge on any atom is 0.254 e. The number of likely N-dealkylation sites (tertiary alicyclic amines) is 1. The Morgan fingerprint density at radius 1 is 1.17 bits per heavy atom. The van der Waals surface area contributed by atoms with Crippen LogP contribution >= 0.6 is 0 Å². The second-order valence-electron chi connectivity index (χ2n) is 8.12. The van der Waals surface area contributed by atoms with Crippen molar-refractivity contribution in [3.63, 3.8) is 0 Å². The van der Waals surface area contributed by atoms with E-state index in [2.05, 4.69) is 36.0 Å². The zero-order valence-electron chi connectivity index (χ0n) is 17.9. The second kappa shape index (κ2) is 7.79. The van der Waals surface area contributed by atoms with Crippen molar-refractivity contribution in [1.82, 2.24) is 14.9 Å². The molecule has 0 aliphatic carbocycles. The lowest BCUT2D eigenvalue weighted by molar-refractivity contribution is 0.0601. The number of aromatic amines is 1. The Morgan fingerprint density at radius 2 is 1.87 bits per heavy atom. The summed E-state index contributed by atoms with van der Waals surface area (Å²) >= 11 is 0. The number of hydrogen-bond acceptors (Lipinski definition) is 3. The lowest BCUT2D eigenvalue weighted by atomic mass is 9.89. The quantitative estimate of drug-likeness (QED) is 0.694. The van der Waals surface area contributed by atoms with Gasteiger partial charge in [-0.2, -0.15) is 5.26 Å². The maximum absolute atomic E-state index is 13.2. The van der Waals surface area contributed by atoms with E-state index >= 15 is 0 Å². The number of aryl methyl sites for hydroxylation is 4. The number of hydrogen-bond donors (Lipinski definition) is 1. The number of rotatable bonds is 4. The van der Waals surface area contributed by atoms with Crippen molar-refractivity contribution in [3.05, 3.63) is 75.7 Å². The first-order chi connectivity index (χ1) is 14.4. The van der Waals surface area contributed by atoms with Crippen LogP contribution in [0.2, 0.25) is 0 Å². The summed E-state index contributed by atoms with van der Waals surface area (Å²) in [7, 11) is 0. The predicted molar refractivity (Wildman–Crippen MR) is 117 cm³/mol. The molecular weight excluding hydrogens is 372 g/mol. The minimum Gasteiger partial charge on any atom is -0.342 e. The third kappa shape index (κ3) is 3.50. The number of carbonyl (C=O) groups excluding carboxylic acids is 1. The van der Waals surface area contributed by atoms with E-state index in [9.17, 15) is 4.79 Å². The molecule has 0 bridgehead atoms. The van der Waals surface area contributed by atoms with Gasteiger partial charge in [0, 0.05) is 30.1 Å². The van der Waals surface area contributed by atoms with Gasteiger partial charge in [0.2, 0.25) is 0 Å². The highest BCUT2D eigenvalue weighted by atomic mass is 16.2. The number of amides is 1. The van der Waals surface area contributed by atoms with Gasteiger partial charge in [-0.05, 0) is 62.1 Å². The molecule has 5 nitrogen and oxygen atoms in total. The Morgan fingerprint density at radius 3 is 2.50 bits per heavy atom. The molecule has 0 atom stereocenters. The van der Waals surface area contributed by atoms with E-state index in [4.69, 9.17) is 5.26 Å². The van der Waals surface area contributed by atoms with E-state index in [-0.39, 0.29) is 5.91 Å².